The van der Waals surface area contributed by atoms with E-state index >= 15 is 0 Å². The van der Waals surface area contributed by atoms with Gasteiger partial charge >= 0.3 is 0 Å². The van der Waals surface area contributed by atoms with Crippen LogP contribution in [-0.2, 0) is 0 Å². The first-order valence-corrected chi connectivity index (χ1v) is 14.7. The van der Waals surface area contributed by atoms with Gasteiger partial charge in [-0.1, -0.05) is 79.6 Å². The van der Waals surface area contributed by atoms with Crippen LogP contribution in [0.4, 0.5) is 0 Å². The summed E-state index contributed by atoms with van der Waals surface area (Å²) in [5.41, 5.74) is 8.07. The molecular formula is C20H34O2Si2. The Morgan fingerprint density at radius 1 is 0.667 bits per heavy atom. The van der Waals surface area contributed by atoms with Crippen molar-refractivity contribution in [2.75, 3.05) is 0 Å². The van der Waals surface area contributed by atoms with Crippen LogP contribution in [0, 0.1) is 22.9 Å². The first-order chi connectivity index (χ1) is 10.5. The van der Waals surface area contributed by atoms with Gasteiger partial charge in [-0.15, -0.1) is 11.1 Å². The Labute approximate surface area is 150 Å². The number of hydrogen-bond donors (Lipinski definition) is 2. The highest BCUT2D eigenvalue weighted by atomic mass is 28.3. The molecule has 24 heavy (non-hydrogen) atoms. The molecule has 0 saturated carbocycles. The van der Waals surface area contributed by atoms with Crippen LogP contribution in [0.3, 0.4) is 0 Å². The fourth-order valence-corrected chi connectivity index (χ4v) is 3.29. The minimum Gasteiger partial charge on any atom is -0.385 e. The molecule has 2 N–H and O–H groups in total. The zero-order valence-corrected chi connectivity index (χ0v) is 19.0. The van der Waals surface area contributed by atoms with E-state index in [1.165, 1.54) is 0 Å². The van der Waals surface area contributed by atoms with Crippen LogP contribution in [0.5, 0.6) is 0 Å². The SMILES string of the molecule is CC(C)(C)[Si](C)(C)C#CC1=C(C#C[Si](C)(C)C(C)(C)C)[C@H](O)[C@@H]1O. The van der Waals surface area contributed by atoms with E-state index in [9.17, 15) is 10.2 Å². The van der Waals surface area contributed by atoms with Gasteiger partial charge in [0.1, 0.15) is 28.4 Å². The van der Waals surface area contributed by atoms with Crippen molar-refractivity contribution in [3.05, 3.63) is 11.1 Å². The van der Waals surface area contributed by atoms with E-state index < -0.39 is 28.4 Å². The molecule has 1 aliphatic rings. The van der Waals surface area contributed by atoms with E-state index in [2.05, 4.69) is 90.7 Å². The summed E-state index contributed by atoms with van der Waals surface area (Å²) in [5.74, 6) is 6.33. The number of rotatable bonds is 0. The van der Waals surface area contributed by atoms with Crippen LogP contribution in [-0.4, -0.2) is 38.6 Å². The lowest BCUT2D eigenvalue weighted by atomic mass is 9.83. The molecule has 0 aromatic carbocycles. The monoisotopic (exact) mass is 362 g/mol. The molecule has 0 aromatic rings. The van der Waals surface area contributed by atoms with Gasteiger partial charge in [0.15, 0.2) is 0 Å². The molecule has 4 heteroatoms. The third-order valence-corrected chi connectivity index (χ3v) is 15.0. The largest absolute Gasteiger partial charge is 0.385 e. The first-order valence-electron chi connectivity index (χ1n) is 8.68. The first kappa shape index (κ1) is 21.3. The second-order valence-electron chi connectivity index (χ2n) is 9.97. The van der Waals surface area contributed by atoms with E-state index in [0.717, 1.165) is 0 Å². The molecule has 1 rings (SSSR count). The van der Waals surface area contributed by atoms with Crippen LogP contribution in [0.15, 0.2) is 11.1 Å². The van der Waals surface area contributed by atoms with Crippen molar-refractivity contribution in [2.45, 2.75) is 90.0 Å². The standard InChI is InChI=1S/C20H34O2Si2/c1-19(2,3)23(7,8)13-11-15-16(18(22)17(15)21)12-14-24(9,10)20(4,5)6/h17-18,21-22H,1-10H3/t17-,18+. The molecular weight excluding hydrogens is 328 g/mol. The highest BCUT2D eigenvalue weighted by Gasteiger charge is 2.39. The molecule has 134 valence electrons. The maximum absolute atomic E-state index is 10.1. The maximum atomic E-state index is 10.1. The predicted molar refractivity (Wildman–Crippen MR) is 109 cm³/mol. The summed E-state index contributed by atoms with van der Waals surface area (Å²) in [6.45, 7) is 22.2. The van der Waals surface area contributed by atoms with Crippen LogP contribution in [0.25, 0.3) is 0 Å². The highest BCUT2D eigenvalue weighted by molar-refractivity contribution is 6.88. The molecule has 0 radical (unpaired) electrons. The van der Waals surface area contributed by atoms with Gasteiger partial charge in [0.2, 0.25) is 0 Å². The number of hydrogen-bond acceptors (Lipinski definition) is 2. The van der Waals surface area contributed by atoms with Crippen molar-refractivity contribution >= 4 is 16.1 Å². The van der Waals surface area contributed by atoms with Gasteiger partial charge in [0, 0.05) is 11.1 Å². The van der Waals surface area contributed by atoms with Gasteiger partial charge < -0.3 is 10.2 Å². The molecule has 1 aliphatic carbocycles. The molecule has 2 atom stereocenters. The van der Waals surface area contributed by atoms with Crippen LogP contribution in [0.2, 0.25) is 36.3 Å². The normalized spacial score (nSPS) is 22.2. The Morgan fingerprint density at radius 2 is 0.917 bits per heavy atom. The highest BCUT2D eigenvalue weighted by Crippen LogP contribution is 2.37. The predicted octanol–water partition coefficient (Wildman–Crippen LogP) is 4.12. The molecule has 0 unspecified atom stereocenters. The minimum atomic E-state index is -1.75. The molecule has 0 aliphatic heterocycles. The van der Waals surface area contributed by atoms with Crippen molar-refractivity contribution < 1.29 is 10.2 Å². The molecule has 0 spiro atoms. The molecule has 2 nitrogen and oxygen atoms in total. The van der Waals surface area contributed by atoms with Gasteiger partial charge in [0.25, 0.3) is 0 Å². The Bertz CT molecular complexity index is 592. The van der Waals surface area contributed by atoms with Crippen molar-refractivity contribution in [1.82, 2.24) is 0 Å². The van der Waals surface area contributed by atoms with Crippen LogP contribution < -0.4 is 0 Å². The Balaban J connectivity index is 3.25. The number of aliphatic hydroxyl groups excluding tert-OH is 2. The summed E-state index contributed by atoms with van der Waals surface area (Å²) >= 11 is 0. The van der Waals surface area contributed by atoms with Crippen molar-refractivity contribution in [3.8, 4) is 22.9 Å². The van der Waals surface area contributed by atoms with Gasteiger partial charge in [-0.3, -0.25) is 0 Å². The van der Waals surface area contributed by atoms with E-state index in [-0.39, 0.29) is 10.1 Å². The topological polar surface area (TPSA) is 40.5 Å². The van der Waals surface area contributed by atoms with Crippen molar-refractivity contribution in [2.24, 2.45) is 0 Å². The molecule has 0 aromatic heterocycles. The summed E-state index contributed by atoms with van der Waals surface area (Å²) in [4.78, 5) is 0. The summed E-state index contributed by atoms with van der Waals surface area (Å²) < 4.78 is 0. The van der Waals surface area contributed by atoms with Gasteiger partial charge in [-0.05, 0) is 10.1 Å². The Morgan fingerprint density at radius 3 is 1.12 bits per heavy atom. The lowest BCUT2D eigenvalue weighted by Gasteiger charge is -2.34. The third-order valence-electron chi connectivity index (χ3n) is 5.95. The molecule has 0 saturated heterocycles. The summed E-state index contributed by atoms with van der Waals surface area (Å²) in [7, 11) is -3.50. The van der Waals surface area contributed by atoms with E-state index in [4.69, 9.17) is 0 Å². The smallest absolute Gasteiger partial charge is 0.138 e. The van der Waals surface area contributed by atoms with E-state index in [1.54, 1.807) is 0 Å². The van der Waals surface area contributed by atoms with Crippen LogP contribution >= 0.6 is 0 Å². The minimum absolute atomic E-state index is 0.168. The summed E-state index contributed by atoms with van der Waals surface area (Å²) in [5, 5.41) is 20.5. The van der Waals surface area contributed by atoms with Crippen molar-refractivity contribution in [1.29, 1.82) is 0 Å². The lowest BCUT2D eigenvalue weighted by Crippen LogP contribution is -2.41. The zero-order valence-electron chi connectivity index (χ0n) is 17.0. The quantitative estimate of drug-likeness (QED) is 0.503. The fraction of sp³-hybridized carbons (Fsp3) is 0.700. The van der Waals surface area contributed by atoms with Crippen molar-refractivity contribution in [3.63, 3.8) is 0 Å². The maximum Gasteiger partial charge on any atom is 0.138 e. The molecule has 0 amide bonds. The van der Waals surface area contributed by atoms with Gasteiger partial charge in [0.05, 0.1) is 0 Å². The van der Waals surface area contributed by atoms with Gasteiger partial charge in [-0.25, -0.2) is 0 Å². The van der Waals surface area contributed by atoms with E-state index in [0.29, 0.717) is 11.1 Å². The summed E-state index contributed by atoms with van der Waals surface area (Å²) in [6.07, 6.45) is -1.77. The lowest BCUT2D eigenvalue weighted by molar-refractivity contribution is 0.0460. The average molecular weight is 363 g/mol. The Kier molecular flexibility index (Phi) is 5.76. The van der Waals surface area contributed by atoms with Gasteiger partial charge in [-0.2, -0.15) is 0 Å². The fourth-order valence-electron chi connectivity index (χ4n) is 1.64. The molecule has 0 bridgehead atoms. The second kappa shape index (κ2) is 6.50. The average Bonchev–Trinajstić information content (AvgIpc) is 2.38. The van der Waals surface area contributed by atoms with E-state index in [1.807, 2.05) is 0 Å². The number of aliphatic hydroxyl groups is 2. The third kappa shape index (κ3) is 4.24. The molecule has 0 heterocycles. The van der Waals surface area contributed by atoms with Crippen LogP contribution in [0.1, 0.15) is 41.5 Å². The second-order valence-corrected chi connectivity index (χ2v) is 20.0. The molecule has 0 fully saturated rings. The Hall–Kier alpha value is -0.786. The zero-order chi connectivity index (χ0) is 19.1. The summed E-state index contributed by atoms with van der Waals surface area (Å²) in [6, 6.07) is 0.